The number of carbonyl (C=O) groups is 2. The van der Waals surface area contributed by atoms with E-state index in [1.54, 1.807) is 29.3 Å². The Morgan fingerprint density at radius 2 is 1.71 bits per heavy atom. The number of carbonyl (C=O) groups excluding carboxylic acids is 2. The minimum absolute atomic E-state index is 0. The van der Waals surface area contributed by atoms with Crippen molar-refractivity contribution in [3.63, 3.8) is 0 Å². The van der Waals surface area contributed by atoms with Crippen LogP contribution in [0.1, 0.15) is 28.8 Å². The Morgan fingerprint density at radius 3 is 2.33 bits per heavy atom. The number of para-hydroxylation sites is 1. The predicted molar refractivity (Wildman–Crippen MR) is 184 cm³/mol. The largest absolute Gasteiger partial charge is 0.493 e. The minimum atomic E-state index is -3.44. The van der Waals surface area contributed by atoms with Gasteiger partial charge in [-0.2, -0.15) is 0 Å². The SMILES string of the molecule is COc1cc(NS(C)(=O)=O)ccc1Oc1ccc(CN2CCC(N(C(=O)Nc3ccc(F)c(C(N)=O)c3)c3ccccc3)CC2)cn1.Cl. The van der Waals surface area contributed by atoms with Crippen LogP contribution >= 0.6 is 12.4 Å². The number of benzene rings is 3. The first kappa shape index (κ1) is 35.9. The predicted octanol–water partition coefficient (Wildman–Crippen LogP) is 5.62. The molecular formula is C33H36ClFN6O6S. The van der Waals surface area contributed by atoms with Gasteiger partial charge in [0.1, 0.15) is 5.82 Å². The lowest BCUT2D eigenvalue weighted by atomic mass is 10.0. The summed E-state index contributed by atoms with van der Waals surface area (Å²) in [6.07, 6.45) is 4.21. The molecule has 12 nitrogen and oxygen atoms in total. The molecule has 4 aromatic rings. The molecule has 254 valence electrons. The van der Waals surface area contributed by atoms with E-state index in [1.165, 1.54) is 25.3 Å². The van der Waals surface area contributed by atoms with Gasteiger partial charge in [0.15, 0.2) is 11.5 Å². The number of nitrogens with two attached hydrogens (primary N) is 1. The monoisotopic (exact) mass is 698 g/mol. The van der Waals surface area contributed by atoms with Gasteiger partial charge in [0.25, 0.3) is 5.91 Å². The van der Waals surface area contributed by atoms with E-state index in [-0.39, 0.29) is 29.7 Å². The van der Waals surface area contributed by atoms with Crippen LogP contribution in [0, 0.1) is 5.82 Å². The first-order valence-corrected chi connectivity index (χ1v) is 16.6. The molecule has 48 heavy (non-hydrogen) atoms. The summed E-state index contributed by atoms with van der Waals surface area (Å²) in [5.41, 5.74) is 7.30. The lowest BCUT2D eigenvalue weighted by Gasteiger charge is -2.38. The number of hydrogen-bond donors (Lipinski definition) is 3. The number of aromatic nitrogens is 1. The van der Waals surface area contributed by atoms with E-state index in [9.17, 15) is 22.4 Å². The third-order valence-corrected chi connectivity index (χ3v) is 8.15. The molecule has 1 aromatic heterocycles. The highest BCUT2D eigenvalue weighted by Gasteiger charge is 2.29. The number of nitrogens with one attached hydrogen (secondary N) is 2. The van der Waals surface area contributed by atoms with Gasteiger partial charge in [0.2, 0.25) is 15.9 Å². The molecule has 2 heterocycles. The van der Waals surface area contributed by atoms with Crippen molar-refractivity contribution in [2.75, 3.05) is 41.4 Å². The molecule has 1 aliphatic rings. The van der Waals surface area contributed by atoms with E-state index in [2.05, 4.69) is 19.9 Å². The molecule has 0 saturated carbocycles. The van der Waals surface area contributed by atoms with E-state index >= 15 is 0 Å². The number of nitrogens with zero attached hydrogens (tertiary/aromatic N) is 3. The number of amides is 3. The molecule has 0 bridgehead atoms. The average molecular weight is 699 g/mol. The second-order valence-corrected chi connectivity index (χ2v) is 12.8. The van der Waals surface area contributed by atoms with Crippen LogP contribution in [-0.2, 0) is 16.6 Å². The fourth-order valence-corrected chi connectivity index (χ4v) is 5.91. The van der Waals surface area contributed by atoms with Crippen LogP contribution in [0.2, 0.25) is 0 Å². The summed E-state index contributed by atoms with van der Waals surface area (Å²) in [5, 5.41) is 2.80. The molecule has 0 atom stereocenters. The Labute approximate surface area is 284 Å². The summed E-state index contributed by atoms with van der Waals surface area (Å²) in [7, 11) is -1.98. The lowest BCUT2D eigenvalue weighted by Crippen LogP contribution is -2.49. The summed E-state index contributed by atoms with van der Waals surface area (Å²) in [4.78, 5) is 33.6. The number of hydrogen-bond acceptors (Lipinski definition) is 8. The average Bonchev–Trinajstić information content (AvgIpc) is 3.04. The van der Waals surface area contributed by atoms with E-state index in [0.717, 1.165) is 36.7 Å². The Kier molecular flexibility index (Phi) is 11.8. The van der Waals surface area contributed by atoms with Gasteiger partial charge < -0.3 is 20.5 Å². The summed E-state index contributed by atoms with van der Waals surface area (Å²) < 4.78 is 50.7. The summed E-state index contributed by atoms with van der Waals surface area (Å²) >= 11 is 0. The van der Waals surface area contributed by atoms with E-state index in [1.807, 2.05) is 36.4 Å². The van der Waals surface area contributed by atoms with Crippen molar-refractivity contribution >= 4 is 51.4 Å². The highest BCUT2D eigenvalue weighted by molar-refractivity contribution is 7.92. The van der Waals surface area contributed by atoms with Gasteiger partial charge in [0.05, 0.1) is 24.6 Å². The number of anilines is 3. The van der Waals surface area contributed by atoms with Crippen molar-refractivity contribution in [3.05, 3.63) is 102 Å². The standard InChI is InChI=1S/C33H35FN6O6S.ClH/c1-45-30-19-24(38-47(2,43)44)10-12-29(30)46-31-13-8-22(20-36-31)21-39-16-14-26(15-17-39)40(25-6-4-3-5-7-25)33(42)37-23-9-11-28(34)27(18-23)32(35)41;/h3-13,18-20,26,38H,14-17,21H2,1-2H3,(H2,35,41)(H,37,42);1H. The number of primary amides is 1. The molecule has 1 aliphatic heterocycles. The lowest BCUT2D eigenvalue weighted by molar-refractivity contribution is 0.0996. The molecule has 5 rings (SSSR count). The van der Waals surface area contributed by atoms with Gasteiger partial charge >= 0.3 is 6.03 Å². The van der Waals surface area contributed by atoms with Crippen molar-refractivity contribution in [3.8, 4) is 17.4 Å². The molecule has 4 N–H and O–H groups in total. The van der Waals surface area contributed by atoms with Crippen molar-refractivity contribution in [2.45, 2.75) is 25.4 Å². The number of halogens is 2. The number of rotatable bonds is 11. The molecule has 3 aromatic carbocycles. The maximum atomic E-state index is 14.0. The third-order valence-electron chi connectivity index (χ3n) is 7.54. The fourth-order valence-electron chi connectivity index (χ4n) is 5.36. The quantitative estimate of drug-likeness (QED) is 0.182. The van der Waals surface area contributed by atoms with Crippen LogP contribution in [0.25, 0.3) is 0 Å². The zero-order valence-corrected chi connectivity index (χ0v) is 27.9. The van der Waals surface area contributed by atoms with Crippen LogP contribution in [0.5, 0.6) is 17.4 Å². The molecule has 15 heteroatoms. The molecular weight excluding hydrogens is 663 g/mol. The Bertz CT molecular complexity index is 1840. The van der Waals surface area contributed by atoms with Gasteiger partial charge in [-0.1, -0.05) is 24.3 Å². The molecule has 1 fully saturated rings. The van der Waals surface area contributed by atoms with Crippen molar-refractivity contribution in [2.24, 2.45) is 5.73 Å². The van der Waals surface area contributed by atoms with Crippen LogP contribution < -0.4 is 30.1 Å². The maximum absolute atomic E-state index is 14.0. The topological polar surface area (TPSA) is 156 Å². The smallest absolute Gasteiger partial charge is 0.326 e. The Balaban J connectivity index is 0.00000520. The third kappa shape index (κ3) is 9.33. The van der Waals surface area contributed by atoms with E-state index < -0.39 is 27.8 Å². The summed E-state index contributed by atoms with van der Waals surface area (Å²) in [5.74, 6) is -0.591. The minimum Gasteiger partial charge on any atom is -0.493 e. The highest BCUT2D eigenvalue weighted by atomic mass is 35.5. The van der Waals surface area contributed by atoms with Crippen LogP contribution in [0.3, 0.4) is 0 Å². The molecule has 0 spiro atoms. The van der Waals surface area contributed by atoms with Gasteiger partial charge in [-0.3, -0.25) is 19.3 Å². The molecule has 0 aliphatic carbocycles. The van der Waals surface area contributed by atoms with Crippen LogP contribution in [0.15, 0.2) is 85.1 Å². The van der Waals surface area contributed by atoms with E-state index in [0.29, 0.717) is 42.5 Å². The van der Waals surface area contributed by atoms with Crippen molar-refractivity contribution in [1.29, 1.82) is 0 Å². The molecule has 3 amide bonds. The summed E-state index contributed by atoms with van der Waals surface area (Å²) in [6.45, 7) is 2.11. The highest BCUT2D eigenvalue weighted by Crippen LogP contribution is 2.34. The molecule has 0 unspecified atom stereocenters. The van der Waals surface area contributed by atoms with Gasteiger partial charge in [0, 0.05) is 55.4 Å². The first-order valence-electron chi connectivity index (χ1n) is 14.7. The van der Waals surface area contributed by atoms with Gasteiger partial charge in [-0.05, 0) is 60.9 Å². The number of methoxy groups -OCH3 is 1. The number of pyridine rings is 1. The van der Waals surface area contributed by atoms with E-state index in [4.69, 9.17) is 15.2 Å². The Hall–Kier alpha value is -4.92. The number of urea groups is 1. The summed E-state index contributed by atoms with van der Waals surface area (Å²) in [6, 6.07) is 20.9. The number of likely N-dealkylation sites (tertiary alicyclic amines) is 1. The second-order valence-electron chi connectivity index (χ2n) is 11.0. The van der Waals surface area contributed by atoms with Crippen molar-refractivity contribution in [1.82, 2.24) is 9.88 Å². The number of ether oxygens (including phenoxy) is 2. The fraction of sp³-hybridized carbons (Fsp3) is 0.242. The molecule has 0 radical (unpaired) electrons. The number of piperidine rings is 1. The normalized spacial score (nSPS) is 13.6. The van der Waals surface area contributed by atoms with Crippen LogP contribution in [-0.4, -0.2) is 62.7 Å². The molecule has 1 saturated heterocycles. The number of sulfonamides is 1. The van der Waals surface area contributed by atoms with Crippen molar-refractivity contribution < 1.29 is 31.9 Å². The first-order chi connectivity index (χ1) is 22.5. The maximum Gasteiger partial charge on any atom is 0.326 e. The van der Waals surface area contributed by atoms with Gasteiger partial charge in [-0.25, -0.2) is 22.6 Å². The zero-order chi connectivity index (χ0) is 33.6. The zero-order valence-electron chi connectivity index (χ0n) is 26.3. The Morgan fingerprint density at radius 1 is 1.00 bits per heavy atom. The van der Waals surface area contributed by atoms with Gasteiger partial charge in [-0.15, -0.1) is 12.4 Å². The van der Waals surface area contributed by atoms with Crippen LogP contribution in [0.4, 0.5) is 26.2 Å². The second kappa shape index (κ2) is 15.8.